The summed E-state index contributed by atoms with van der Waals surface area (Å²) < 4.78 is 37.7. The van der Waals surface area contributed by atoms with Crippen molar-refractivity contribution in [2.45, 2.75) is 31.0 Å². The molecule has 0 bridgehead atoms. The first-order valence-corrected chi connectivity index (χ1v) is 7.42. The van der Waals surface area contributed by atoms with Crippen LogP contribution in [-0.2, 0) is 15.8 Å². The Bertz CT molecular complexity index is 546. The van der Waals surface area contributed by atoms with Crippen molar-refractivity contribution in [3.05, 3.63) is 29.8 Å². The summed E-state index contributed by atoms with van der Waals surface area (Å²) in [5, 5.41) is 11.3. The number of nitrogens with one attached hydrogen (secondary N) is 1. The molecular formula is C14H16F3NO3S. The minimum atomic E-state index is -4.44. The van der Waals surface area contributed by atoms with E-state index in [2.05, 4.69) is 5.32 Å². The van der Waals surface area contributed by atoms with Gasteiger partial charge in [0.2, 0.25) is 5.91 Å². The predicted octanol–water partition coefficient (Wildman–Crippen LogP) is 3.02. The van der Waals surface area contributed by atoms with Gasteiger partial charge in [-0.2, -0.15) is 13.2 Å². The van der Waals surface area contributed by atoms with E-state index < -0.39 is 29.7 Å². The summed E-state index contributed by atoms with van der Waals surface area (Å²) in [6.45, 7) is 3.30. The monoisotopic (exact) mass is 335 g/mol. The normalized spacial score (nSPS) is 13.0. The topological polar surface area (TPSA) is 66.4 Å². The van der Waals surface area contributed by atoms with E-state index in [-0.39, 0.29) is 11.7 Å². The second-order valence-corrected chi connectivity index (χ2v) is 5.99. The van der Waals surface area contributed by atoms with Gasteiger partial charge in [0.15, 0.2) is 0 Å². The van der Waals surface area contributed by atoms with Crippen molar-refractivity contribution in [1.29, 1.82) is 0 Å². The van der Waals surface area contributed by atoms with Gasteiger partial charge in [0.1, 0.15) is 6.04 Å². The number of thioether (sulfide) groups is 1. The highest BCUT2D eigenvalue weighted by Gasteiger charge is 2.30. The molecule has 1 amide bonds. The second-order valence-electron chi connectivity index (χ2n) is 4.94. The molecule has 8 heteroatoms. The maximum absolute atomic E-state index is 12.6. The van der Waals surface area contributed by atoms with Crippen LogP contribution in [0.5, 0.6) is 0 Å². The molecule has 0 saturated heterocycles. The number of benzene rings is 1. The molecule has 22 heavy (non-hydrogen) atoms. The lowest BCUT2D eigenvalue weighted by Crippen LogP contribution is -2.45. The molecule has 0 aliphatic heterocycles. The lowest BCUT2D eigenvalue weighted by atomic mass is 10.1. The first-order valence-electron chi connectivity index (χ1n) is 6.43. The highest BCUT2D eigenvalue weighted by atomic mass is 32.2. The molecule has 0 aromatic heterocycles. The fourth-order valence-corrected chi connectivity index (χ4v) is 2.41. The fourth-order valence-electron chi connectivity index (χ4n) is 1.64. The summed E-state index contributed by atoms with van der Waals surface area (Å²) in [4.78, 5) is 23.0. The average molecular weight is 335 g/mol. The second kappa shape index (κ2) is 7.53. The molecule has 0 aliphatic rings. The first-order chi connectivity index (χ1) is 10.1. The number of halogens is 3. The van der Waals surface area contributed by atoms with Crippen molar-refractivity contribution in [3.63, 3.8) is 0 Å². The standard InChI is InChI=1S/C14H16F3NO3S/c1-8(2)12(13(20)21)18-11(19)7-22-10-5-3-4-9(6-10)14(15,16)17/h3-6,8,12H,7H2,1-2H3,(H,18,19)(H,20,21)/t12-/m0/s1. The molecular weight excluding hydrogens is 319 g/mol. The Morgan fingerprint density at radius 1 is 1.32 bits per heavy atom. The van der Waals surface area contributed by atoms with E-state index in [1.165, 1.54) is 12.1 Å². The summed E-state index contributed by atoms with van der Waals surface area (Å²) in [6.07, 6.45) is -4.44. The molecule has 0 unspecified atom stereocenters. The van der Waals surface area contributed by atoms with Gasteiger partial charge in [-0.05, 0) is 24.1 Å². The predicted molar refractivity (Wildman–Crippen MR) is 76.6 cm³/mol. The molecule has 0 spiro atoms. The van der Waals surface area contributed by atoms with Gasteiger partial charge < -0.3 is 10.4 Å². The fraction of sp³-hybridized carbons (Fsp3) is 0.429. The maximum atomic E-state index is 12.6. The molecule has 1 atom stereocenters. The average Bonchev–Trinajstić information content (AvgIpc) is 2.41. The molecule has 2 N–H and O–H groups in total. The van der Waals surface area contributed by atoms with E-state index in [1.54, 1.807) is 13.8 Å². The minimum Gasteiger partial charge on any atom is -0.480 e. The minimum absolute atomic E-state index is 0.155. The molecule has 0 saturated carbocycles. The van der Waals surface area contributed by atoms with Crippen molar-refractivity contribution < 1.29 is 27.9 Å². The Balaban J connectivity index is 2.63. The van der Waals surface area contributed by atoms with Crippen LogP contribution in [-0.4, -0.2) is 28.8 Å². The molecule has 0 radical (unpaired) electrons. The summed E-state index contributed by atoms with van der Waals surface area (Å²) in [7, 11) is 0. The first kappa shape index (κ1) is 18.3. The number of carboxylic acid groups (broad SMARTS) is 1. The molecule has 1 aromatic carbocycles. The third-order valence-electron chi connectivity index (χ3n) is 2.78. The van der Waals surface area contributed by atoms with Gasteiger partial charge in [0.05, 0.1) is 11.3 Å². The van der Waals surface area contributed by atoms with Gasteiger partial charge in [-0.3, -0.25) is 4.79 Å². The van der Waals surface area contributed by atoms with Gasteiger partial charge >= 0.3 is 12.1 Å². The van der Waals surface area contributed by atoms with Gasteiger partial charge in [-0.25, -0.2) is 4.79 Å². The summed E-state index contributed by atoms with van der Waals surface area (Å²) >= 11 is 0.919. The Kier molecular flexibility index (Phi) is 6.28. The Morgan fingerprint density at radius 3 is 2.45 bits per heavy atom. The number of carbonyl (C=O) groups is 2. The van der Waals surface area contributed by atoms with Crippen LogP contribution in [0.3, 0.4) is 0 Å². The molecule has 0 heterocycles. The maximum Gasteiger partial charge on any atom is 0.416 e. The van der Waals surface area contributed by atoms with E-state index in [1.807, 2.05) is 0 Å². The van der Waals surface area contributed by atoms with Gasteiger partial charge in [-0.15, -0.1) is 11.8 Å². The largest absolute Gasteiger partial charge is 0.480 e. The summed E-state index contributed by atoms with van der Waals surface area (Å²) in [5.74, 6) is -2.13. The number of amides is 1. The molecule has 4 nitrogen and oxygen atoms in total. The van der Waals surface area contributed by atoms with Crippen LogP contribution in [0.2, 0.25) is 0 Å². The summed E-state index contributed by atoms with van der Waals surface area (Å²) in [5.41, 5.74) is -0.788. The summed E-state index contributed by atoms with van der Waals surface area (Å²) in [6, 6.07) is 3.61. The van der Waals surface area contributed by atoms with Crippen molar-refractivity contribution in [2.75, 3.05) is 5.75 Å². The van der Waals surface area contributed by atoms with Gasteiger partial charge in [-0.1, -0.05) is 19.9 Å². The SMILES string of the molecule is CC(C)[C@H](NC(=O)CSc1cccc(C(F)(F)F)c1)C(=O)O. The van der Waals surface area contributed by atoms with Crippen LogP contribution >= 0.6 is 11.8 Å². The Morgan fingerprint density at radius 2 is 1.95 bits per heavy atom. The van der Waals surface area contributed by atoms with Gasteiger partial charge in [0, 0.05) is 4.90 Å². The zero-order valence-corrected chi connectivity index (χ0v) is 12.8. The molecule has 122 valence electrons. The van der Waals surface area contributed by atoms with Crippen LogP contribution in [0.15, 0.2) is 29.2 Å². The number of carbonyl (C=O) groups excluding carboxylic acids is 1. The lowest BCUT2D eigenvalue weighted by molar-refractivity contribution is -0.142. The smallest absolute Gasteiger partial charge is 0.416 e. The number of hydrogen-bond acceptors (Lipinski definition) is 3. The third kappa shape index (κ3) is 5.59. The number of hydrogen-bond donors (Lipinski definition) is 2. The lowest BCUT2D eigenvalue weighted by Gasteiger charge is -2.17. The van der Waals surface area contributed by atoms with Crippen LogP contribution in [0, 0.1) is 5.92 Å². The van der Waals surface area contributed by atoms with Crippen molar-refractivity contribution in [3.8, 4) is 0 Å². The molecule has 0 aliphatic carbocycles. The highest BCUT2D eigenvalue weighted by Crippen LogP contribution is 2.31. The van der Waals surface area contributed by atoms with Crippen LogP contribution < -0.4 is 5.32 Å². The Hall–Kier alpha value is -1.70. The van der Waals surface area contributed by atoms with Crippen LogP contribution in [0.25, 0.3) is 0 Å². The quantitative estimate of drug-likeness (QED) is 0.784. The zero-order valence-electron chi connectivity index (χ0n) is 12.0. The number of rotatable bonds is 6. The van der Waals surface area contributed by atoms with Crippen LogP contribution in [0.4, 0.5) is 13.2 Å². The molecule has 0 fully saturated rings. The highest BCUT2D eigenvalue weighted by molar-refractivity contribution is 8.00. The third-order valence-corrected chi connectivity index (χ3v) is 3.77. The molecule has 1 aromatic rings. The molecule has 1 rings (SSSR count). The zero-order chi connectivity index (χ0) is 16.9. The van der Waals surface area contributed by atoms with E-state index in [4.69, 9.17) is 5.11 Å². The van der Waals surface area contributed by atoms with Crippen molar-refractivity contribution >= 4 is 23.6 Å². The van der Waals surface area contributed by atoms with Gasteiger partial charge in [0.25, 0.3) is 0 Å². The van der Waals surface area contributed by atoms with E-state index >= 15 is 0 Å². The van der Waals surface area contributed by atoms with Crippen molar-refractivity contribution in [1.82, 2.24) is 5.32 Å². The Labute approximate surface area is 130 Å². The van der Waals surface area contributed by atoms with Crippen molar-refractivity contribution in [2.24, 2.45) is 5.92 Å². The van der Waals surface area contributed by atoms with E-state index in [0.29, 0.717) is 4.90 Å². The van der Waals surface area contributed by atoms with E-state index in [9.17, 15) is 22.8 Å². The number of aliphatic carboxylic acids is 1. The van der Waals surface area contributed by atoms with E-state index in [0.717, 1.165) is 23.9 Å². The number of alkyl halides is 3. The number of carboxylic acids is 1. The van der Waals surface area contributed by atoms with Crippen LogP contribution in [0.1, 0.15) is 19.4 Å².